The summed E-state index contributed by atoms with van der Waals surface area (Å²) in [6.07, 6.45) is 0. The van der Waals surface area contributed by atoms with Crippen LogP contribution in [0.25, 0.3) is 10.8 Å². The molecular weight excluding hydrogens is 240 g/mol. The molecule has 3 heteroatoms. The van der Waals surface area contributed by atoms with Gasteiger partial charge in [0.1, 0.15) is 0 Å². The van der Waals surface area contributed by atoms with Crippen LogP contribution in [0.1, 0.15) is 41.3 Å². The average Bonchev–Trinajstić information content (AvgIpc) is 2.36. The average molecular weight is 256 g/mol. The minimum atomic E-state index is -0.0210. The van der Waals surface area contributed by atoms with Gasteiger partial charge in [-0.05, 0) is 29.9 Å². The lowest BCUT2D eigenvalue weighted by Crippen LogP contribution is -2.19. The first-order valence-corrected chi connectivity index (χ1v) is 6.46. The summed E-state index contributed by atoms with van der Waals surface area (Å²) in [5.74, 6) is 0.806. The zero-order chi connectivity index (χ0) is 13.7. The van der Waals surface area contributed by atoms with Crippen LogP contribution in [0.15, 0.2) is 18.2 Å². The van der Waals surface area contributed by atoms with Crippen LogP contribution in [0.5, 0.6) is 11.5 Å². The van der Waals surface area contributed by atoms with E-state index in [1.165, 1.54) is 0 Å². The van der Waals surface area contributed by atoms with Crippen molar-refractivity contribution < 1.29 is 14.6 Å². The standard InChI is InChI=1S/C16H16O3/c1-8(2)11-6-10-5-4-9(3)13-12(17)7-19-16(14(10)13)15(11)18/h4-6,8,18H,7H2,1-3H3. The Hall–Kier alpha value is -2.03. The van der Waals surface area contributed by atoms with Crippen LogP contribution in [-0.2, 0) is 0 Å². The second-order valence-corrected chi connectivity index (χ2v) is 5.37. The van der Waals surface area contributed by atoms with E-state index >= 15 is 0 Å². The van der Waals surface area contributed by atoms with Crippen LogP contribution >= 0.6 is 0 Å². The summed E-state index contributed by atoms with van der Waals surface area (Å²) in [5, 5.41) is 12.1. The van der Waals surface area contributed by atoms with Crippen LogP contribution in [0.2, 0.25) is 0 Å². The quantitative estimate of drug-likeness (QED) is 0.848. The Balaban J connectivity index is 2.48. The van der Waals surface area contributed by atoms with E-state index in [9.17, 15) is 9.90 Å². The molecule has 0 bridgehead atoms. The third-order valence-electron chi connectivity index (χ3n) is 3.72. The van der Waals surface area contributed by atoms with Crippen LogP contribution in [0, 0.1) is 6.92 Å². The lowest BCUT2D eigenvalue weighted by atomic mass is 9.90. The zero-order valence-electron chi connectivity index (χ0n) is 11.3. The van der Waals surface area contributed by atoms with Crippen LogP contribution in [0.3, 0.4) is 0 Å². The molecule has 0 aliphatic carbocycles. The first-order chi connectivity index (χ1) is 9.00. The van der Waals surface area contributed by atoms with Crippen molar-refractivity contribution in [3.63, 3.8) is 0 Å². The third-order valence-corrected chi connectivity index (χ3v) is 3.72. The van der Waals surface area contributed by atoms with Gasteiger partial charge in [0, 0.05) is 16.5 Å². The summed E-state index contributed by atoms with van der Waals surface area (Å²) in [5.41, 5.74) is 2.47. The first kappa shape index (κ1) is 12.0. The monoisotopic (exact) mass is 256 g/mol. The fourth-order valence-corrected chi connectivity index (χ4v) is 2.72. The summed E-state index contributed by atoms with van der Waals surface area (Å²) >= 11 is 0. The van der Waals surface area contributed by atoms with Gasteiger partial charge in [-0.15, -0.1) is 0 Å². The predicted molar refractivity (Wildman–Crippen MR) is 74.3 cm³/mol. The Morgan fingerprint density at radius 2 is 2.05 bits per heavy atom. The maximum atomic E-state index is 12.0. The molecule has 3 nitrogen and oxygen atoms in total. The number of hydrogen-bond donors (Lipinski definition) is 1. The minimum absolute atomic E-state index is 0.00205. The van der Waals surface area contributed by atoms with E-state index in [-0.39, 0.29) is 24.1 Å². The van der Waals surface area contributed by atoms with Gasteiger partial charge in [0.25, 0.3) is 0 Å². The molecule has 1 aliphatic heterocycles. The van der Waals surface area contributed by atoms with Gasteiger partial charge in [0.05, 0.1) is 0 Å². The van der Waals surface area contributed by atoms with E-state index in [0.717, 1.165) is 21.9 Å². The van der Waals surface area contributed by atoms with Gasteiger partial charge in [-0.1, -0.05) is 26.0 Å². The molecular formula is C16H16O3. The van der Waals surface area contributed by atoms with Crippen molar-refractivity contribution in [2.24, 2.45) is 0 Å². The van der Waals surface area contributed by atoms with Gasteiger partial charge in [0.2, 0.25) is 5.78 Å². The number of benzene rings is 2. The maximum Gasteiger partial charge on any atom is 0.201 e. The van der Waals surface area contributed by atoms with Crippen molar-refractivity contribution in [3.05, 3.63) is 34.9 Å². The number of phenols is 1. The summed E-state index contributed by atoms with van der Waals surface area (Å²) in [6.45, 7) is 5.96. The van der Waals surface area contributed by atoms with Crippen molar-refractivity contribution in [2.45, 2.75) is 26.7 Å². The van der Waals surface area contributed by atoms with E-state index in [1.807, 2.05) is 39.0 Å². The van der Waals surface area contributed by atoms with Crippen molar-refractivity contribution in [3.8, 4) is 11.5 Å². The molecule has 98 valence electrons. The lowest BCUT2D eigenvalue weighted by Gasteiger charge is -2.22. The number of ketones is 1. The minimum Gasteiger partial charge on any atom is -0.504 e. The van der Waals surface area contributed by atoms with Gasteiger partial charge >= 0.3 is 0 Å². The summed E-state index contributed by atoms with van der Waals surface area (Å²) in [6, 6.07) is 5.88. The van der Waals surface area contributed by atoms with Crippen LogP contribution in [-0.4, -0.2) is 17.5 Å². The highest BCUT2D eigenvalue weighted by molar-refractivity contribution is 6.14. The number of rotatable bonds is 1. The normalized spacial score (nSPS) is 14.0. The lowest BCUT2D eigenvalue weighted by molar-refractivity contribution is 0.0912. The highest BCUT2D eigenvalue weighted by Gasteiger charge is 2.26. The highest BCUT2D eigenvalue weighted by atomic mass is 16.5. The third kappa shape index (κ3) is 1.61. The van der Waals surface area contributed by atoms with E-state index in [4.69, 9.17) is 4.74 Å². The molecule has 0 unspecified atom stereocenters. The molecule has 2 aromatic rings. The molecule has 0 fully saturated rings. The van der Waals surface area contributed by atoms with Crippen LogP contribution < -0.4 is 4.74 Å². The largest absolute Gasteiger partial charge is 0.504 e. The van der Waals surface area contributed by atoms with Crippen molar-refractivity contribution in [1.29, 1.82) is 0 Å². The number of Topliss-reactive ketones (excluding diaryl/α,β-unsaturated/α-hetero) is 1. The van der Waals surface area contributed by atoms with Gasteiger partial charge in [-0.25, -0.2) is 0 Å². The second kappa shape index (κ2) is 3.98. The number of ether oxygens (including phenoxy) is 1. The van der Waals surface area contributed by atoms with E-state index < -0.39 is 0 Å². The molecule has 0 radical (unpaired) electrons. The van der Waals surface area contributed by atoms with Gasteiger partial charge < -0.3 is 9.84 Å². The zero-order valence-corrected chi connectivity index (χ0v) is 11.3. The van der Waals surface area contributed by atoms with Crippen molar-refractivity contribution >= 4 is 16.6 Å². The summed E-state index contributed by atoms with van der Waals surface area (Å²) in [7, 11) is 0. The topological polar surface area (TPSA) is 46.5 Å². The molecule has 0 saturated heterocycles. The van der Waals surface area contributed by atoms with E-state index in [2.05, 4.69) is 0 Å². The van der Waals surface area contributed by atoms with Crippen LogP contribution in [0.4, 0.5) is 0 Å². The molecule has 3 rings (SSSR count). The molecule has 1 N–H and O–H groups in total. The summed E-state index contributed by atoms with van der Waals surface area (Å²) < 4.78 is 5.48. The van der Waals surface area contributed by atoms with Gasteiger partial charge in [-0.2, -0.15) is 0 Å². The van der Waals surface area contributed by atoms with Gasteiger partial charge in [0.15, 0.2) is 18.1 Å². The predicted octanol–water partition coefficient (Wildman–Crippen LogP) is 3.55. The molecule has 0 atom stereocenters. The summed E-state index contributed by atoms with van der Waals surface area (Å²) in [4.78, 5) is 12.0. The van der Waals surface area contributed by atoms with E-state index in [0.29, 0.717) is 11.3 Å². The SMILES string of the molecule is Cc1ccc2cc(C(C)C)c(O)c3c2c1C(=O)CO3. The number of carbonyl (C=O) groups is 1. The van der Waals surface area contributed by atoms with Crippen molar-refractivity contribution in [2.75, 3.05) is 6.61 Å². The van der Waals surface area contributed by atoms with E-state index in [1.54, 1.807) is 0 Å². The highest BCUT2D eigenvalue weighted by Crippen LogP contribution is 2.45. The molecule has 1 heterocycles. The Bertz CT molecular complexity index is 699. The second-order valence-electron chi connectivity index (χ2n) is 5.37. The molecule has 0 amide bonds. The number of hydrogen-bond acceptors (Lipinski definition) is 3. The fraction of sp³-hybridized carbons (Fsp3) is 0.312. The Kier molecular flexibility index (Phi) is 2.52. The smallest absolute Gasteiger partial charge is 0.201 e. The number of aryl methyl sites for hydroxylation is 1. The molecule has 0 spiro atoms. The Morgan fingerprint density at radius 3 is 2.74 bits per heavy atom. The fourth-order valence-electron chi connectivity index (χ4n) is 2.72. The number of aromatic hydroxyl groups is 1. The number of carbonyl (C=O) groups excluding carboxylic acids is 1. The van der Waals surface area contributed by atoms with Crippen molar-refractivity contribution in [1.82, 2.24) is 0 Å². The Labute approximate surface area is 111 Å². The maximum absolute atomic E-state index is 12.0. The molecule has 19 heavy (non-hydrogen) atoms. The Morgan fingerprint density at radius 1 is 1.32 bits per heavy atom. The number of phenolic OH excluding ortho intramolecular Hbond substituents is 1. The van der Waals surface area contributed by atoms with Gasteiger partial charge in [-0.3, -0.25) is 4.79 Å². The molecule has 2 aromatic carbocycles. The molecule has 0 saturated carbocycles. The molecule has 1 aliphatic rings. The molecule has 0 aromatic heterocycles. The first-order valence-electron chi connectivity index (χ1n) is 6.46.